The molecule has 18 rings (SSSR count). The van der Waals surface area contributed by atoms with E-state index >= 15 is 0 Å². The molecule has 0 saturated heterocycles. The molecule has 0 fully saturated rings. The Labute approximate surface area is 826 Å². The average Bonchev–Trinajstić information content (AvgIpc) is 0.888. The Bertz CT molecular complexity index is 5180. The van der Waals surface area contributed by atoms with Crippen LogP contribution >= 0.6 is 0 Å². The molecule has 6 N–H and O–H groups in total. The van der Waals surface area contributed by atoms with Crippen molar-refractivity contribution in [3.8, 4) is 44.5 Å². The maximum atomic E-state index is 10.2. The molecule has 0 unspecified atom stereocenters. The van der Waals surface area contributed by atoms with Crippen molar-refractivity contribution in [3.05, 3.63) is 555 Å². The number of nitrogens with zero attached hydrogens (tertiary/aromatic N) is 8. The van der Waals surface area contributed by atoms with Gasteiger partial charge in [0.25, 0.3) is 0 Å². The molecule has 30 heteroatoms. The maximum Gasteiger partial charge on any atom is 2.00 e. The molecule has 0 spiro atoms. The second-order valence-electron chi connectivity index (χ2n) is 26.5. The van der Waals surface area contributed by atoms with Crippen molar-refractivity contribution < 1.29 is 133 Å². The van der Waals surface area contributed by atoms with Gasteiger partial charge in [0.15, 0.2) is 0 Å². The Morgan fingerprint density at radius 3 is 0.271 bits per heavy atom. The zero-order chi connectivity index (χ0) is 99.8. The normalized spacial score (nSPS) is 9.03. The van der Waals surface area contributed by atoms with Crippen LogP contribution in [0.4, 0.5) is 0 Å². The minimum absolute atomic E-state index is 0. The van der Waals surface area contributed by atoms with Crippen LogP contribution in [0.15, 0.2) is 500 Å². The number of rotatable bonds is 14. The van der Waals surface area contributed by atoms with Crippen molar-refractivity contribution in [1.82, 2.24) is 39.9 Å². The minimum atomic E-state index is -1.13. The Morgan fingerprint density at radius 2 is 0.214 bits per heavy atom. The quantitative estimate of drug-likeness (QED) is 0.0589. The average molecular weight is 1960 g/mol. The van der Waals surface area contributed by atoms with Crippen molar-refractivity contribution in [2.75, 3.05) is 0 Å². The molecule has 28 nitrogen and oxygen atoms in total. The number of hydrogen-bond acceptors (Lipinski definition) is 22. The molecule has 18 aromatic rings. The molecule has 140 heavy (non-hydrogen) atoms. The van der Waals surface area contributed by atoms with Gasteiger partial charge in [-0.1, -0.05) is 231 Å². The predicted octanol–water partition coefficient (Wildman–Crippen LogP) is 17.1. The minimum Gasteiger partial charge on any atom is -0.545 e. The van der Waals surface area contributed by atoms with Crippen LogP contribution in [0.25, 0.3) is 44.5 Å². The molecular weight excluding hydrogens is 1870 g/mol. The Kier molecular flexibility index (Phi) is 58.3. The summed E-state index contributed by atoms with van der Waals surface area (Å²) in [4.78, 5) is 133. The third-order valence-corrected chi connectivity index (χ3v) is 16.9. The van der Waals surface area contributed by atoms with Crippen LogP contribution in [-0.2, 0) is 33.6 Å². The van der Waals surface area contributed by atoms with E-state index in [0.717, 1.165) is 0 Å². The van der Waals surface area contributed by atoms with Gasteiger partial charge in [-0.05, 0) is 237 Å². The van der Waals surface area contributed by atoms with Gasteiger partial charge in [-0.15, -0.1) is 0 Å². The van der Waals surface area contributed by atoms with E-state index < -0.39 is 59.7 Å². The fourth-order valence-electron chi connectivity index (χ4n) is 10.1. The van der Waals surface area contributed by atoms with E-state index in [-0.39, 0.29) is 55.8 Å². The fraction of sp³-hybridized carbons (Fsp3) is 0. The second-order valence-corrected chi connectivity index (χ2v) is 26.5. The summed E-state index contributed by atoms with van der Waals surface area (Å²) in [5.74, 6) is -9.79. The Morgan fingerprint density at radius 1 is 0.136 bits per heavy atom. The van der Waals surface area contributed by atoms with E-state index in [2.05, 4.69) is 39.9 Å². The molecule has 10 aromatic carbocycles. The van der Waals surface area contributed by atoms with Crippen LogP contribution < -0.4 is 20.4 Å². The van der Waals surface area contributed by atoms with Crippen molar-refractivity contribution in [1.29, 1.82) is 0 Å². The fourth-order valence-corrected chi connectivity index (χ4v) is 10.1. The van der Waals surface area contributed by atoms with Gasteiger partial charge >= 0.3 is 69.4 Å². The van der Waals surface area contributed by atoms with Crippen LogP contribution in [0.5, 0.6) is 0 Å². The first-order valence-corrected chi connectivity index (χ1v) is 40.9. The molecule has 0 bridgehead atoms. The van der Waals surface area contributed by atoms with Gasteiger partial charge in [-0.25, -0.2) is 28.8 Å². The third-order valence-electron chi connectivity index (χ3n) is 16.9. The summed E-state index contributed by atoms with van der Waals surface area (Å²) in [7, 11) is 0. The molecule has 706 valence electrons. The van der Waals surface area contributed by atoms with Crippen molar-refractivity contribution >= 4 is 59.7 Å². The standard InChI is InChI=1S/4C10H8N2.10C7H6O2.2Co/c4*1-5-11-6-2-9(1)10-3-7-12-8-4-10;10*8-7(9)6-4-2-1-3-5-6;;/h4*1-8H;10*1-5H,(H,8,9);;/q;;;;;;;;;;;;;;2*+2/p-4. The van der Waals surface area contributed by atoms with E-state index in [1.165, 1.54) is 93.0 Å². The van der Waals surface area contributed by atoms with E-state index in [1.54, 1.807) is 354 Å². The summed E-state index contributed by atoms with van der Waals surface area (Å²) in [6.07, 6.45) is 28.6. The number of carbonyl (C=O) groups is 10. The van der Waals surface area contributed by atoms with E-state index in [9.17, 15) is 68.4 Å². The first-order chi connectivity index (χ1) is 66.9. The van der Waals surface area contributed by atoms with Gasteiger partial charge in [-0.2, -0.15) is 0 Å². The number of carboxylic acid groups (broad SMARTS) is 10. The largest absolute Gasteiger partial charge is 2.00 e. The summed E-state index contributed by atoms with van der Waals surface area (Å²) < 4.78 is 0. The number of carbonyl (C=O) groups excluding carboxylic acids is 4. The monoisotopic (exact) mass is 1960 g/mol. The number of pyridine rings is 8. The smallest absolute Gasteiger partial charge is 0.545 e. The maximum absolute atomic E-state index is 10.2. The Hall–Kier alpha value is -18.9. The van der Waals surface area contributed by atoms with E-state index in [1.807, 2.05) is 97.1 Å². The molecule has 0 saturated carbocycles. The molecule has 0 aliphatic heterocycles. The first-order valence-electron chi connectivity index (χ1n) is 40.9. The van der Waals surface area contributed by atoms with Crippen molar-refractivity contribution in [3.63, 3.8) is 0 Å². The molecule has 8 aromatic heterocycles. The Balaban J connectivity index is 0.000000388. The molecule has 0 aliphatic carbocycles. The third kappa shape index (κ3) is 50.7. The van der Waals surface area contributed by atoms with Gasteiger partial charge < -0.3 is 70.2 Å². The van der Waals surface area contributed by atoms with Crippen molar-refractivity contribution in [2.45, 2.75) is 0 Å². The number of benzene rings is 10. The summed E-state index contributed by atoms with van der Waals surface area (Å²) in [5.41, 5.74) is 12.3. The molecule has 0 atom stereocenters. The molecule has 2 radical (unpaired) electrons. The second kappa shape index (κ2) is 70.8. The first kappa shape index (κ1) is 115. The summed E-state index contributed by atoms with van der Waals surface area (Å²) >= 11 is 0. The zero-order valence-electron chi connectivity index (χ0n) is 74.0. The SMILES string of the molecule is O=C(O)c1ccccc1.O=C(O)c1ccccc1.O=C(O)c1ccccc1.O=C(O)c1ccccc1.O=C(O)c1ccccc1.O=C(O)c1ccccc1.O=C([O-])c1ccccc1.O=C([O-])c1ccccc1.O=C([O-])c1ccccc1.O=C([O-])c1ccccc1.[Co+2].[Co+2].c1cc(-c2ccncc2)ccn1.c1cc(-c2ccncc2)ccn1.c1cc(-c2ccncc2)ccn1.c1cc(-c2ccncc2)ccn1. The van der Waals surface area contributed by atoms with E-state index in [4.69, 9.17) is 30.6 Å². The van der Waals surface area contributed by atoms with Crippen LogP contribution in [0.2, 0.25) is 0 Å². The topological polar surface area (TPSA) is 487 Å². The number of aromatic carboxylic acids is 10. The van der Waals surface area contributed by atoms with Crippen LogP contribution in [0, 0.1) is 0 Å². The van der Waals surface area contributed by atoms with Crippen LogP contribution in [0.3, 0.4) is 0 Å². The van der Waals surface area contributed by atoms with Crippen molar-refractivity contribution in [2.24, 2.45) is 0 Å². The number of aromatic nitrogens is 8. The van der Waals surface area contributed by atoms with E-state index in [0.29, 0.717) is 33.4 Å². The molecule has 0 amide bonds. The summed E-state index contributed by atoms with van der Waals surface area (Å²) in [5, 5.41) is 90.7. The summed E-state index contributed by atoms with van der Waals surface area (Å²) in [6.45, 7) is 0. The van der Waals surface area contributed by atoms with Gasteiger partial charge in [0.1, 0.15) is 0 Å². The molecule has 8 heterocycles. The predicted molar refractivity (Wildman–Crippen MR) is 513 cm³/mol. The summed E-state index contributed by atoms with van der Waals surface area (Å²) in [6, 6.07) is 114. The van der Waals surface area contributed by atoms with Gasteiger partial charge in [-0.3, -0.25) is 39.9 Å². The number of carboxylic acids is 10. The zero-order valence-corrected chi connectivity index (χ0v) is 76.1. The molecular formula is C110H88Co2N8O20. The van der Waals surface area contributed by atoms with Crippen LogP contribution in [0.1, 0.15) is 104 Å². The van der Waals surface area contributed by atoms with Crippen LogP contribution in [-0.4, -0.2) is 130 Å². The number of hydrogen-bond donors (Lipinski definition) is 6. The van der Waals surface area contributed by atoms with Gasteiger partial charge in [0.2, 0.25) is 0 Å². The molecule has 0 aliphatic rings. The van der Waals surface area contributed by atoms with Gasteiger partial charge in [0.05, 0.1) is 57.3 Å². The van der Waals surface area contributed by atoms with Gasteiger partial charge in [0, 0.05) is 99.1 Å².